The molecule has 0 aliphatic carbocycles. The number of nitrogen functional groups attached to an aromatic ring is 1. The SMILES string of the molecule is Nc1cc(S(N)(=O)=O)ccc1OC(=O)c1ccccc1. The van der Waals surface area contributed by atoms with Gasteiger partial charge >= 0.3 is 5.97 Å². The maximum absolute atomic E-state index is 11.8. The molecule has 0 unspecified atom stereocenters. The maximum atomic E-state index is 11.8. The van der Waals surface area contributed by atoms with Crippen LogP contribution in [0.3, 0.4) is 0 Å². The third-order valence-electron chi connectivity index (χ3n) is 2.52. The number of hydrogen-bond donors (Lipinski definition) is 2. The Morgan fingerprint density at radius 2 is 1.70 bits per heavy atom. The molecule has 104 valence electrons. The molecule has 0 atom stereocenters. The van der Waals surface area contributed by atoms with Gasteiger partial charge < -0.3 is 10.5 Å². The van der Waals surface area contributed by atoms with Crippen molar-refractivity contribution >= 4 is 21.7 Å². The molecule has 4 N–H and O–H groups in total. The van der Waals surface area contributed by atoms with Crippen molar-refractivity contribution in [3.63, 3.8) is 0 Å². The third-order valence-corrected chi connectivity index (χ3v) is 3.43. The van der Waals surface area contributed by atoms with Gasteiger partial charge in [-0.1, -0.05) is 18.2 Å². The molecular weight excluding hydrogens is 280 g/mol. The van der Waals surface area contributed by atoms with Gasteiger partial charge in [0.25, 0.3) is 0 Å². The first-order valence-electron chi connectivity index (χ1n) is 5.57. The van der Waals surface area contributed by atoms with E-state index in [4.69, 9.17) is 15.6 Å². The molecule has 0 aromatic heterocycles. The van der Waals surface area contributed by atoms with Gasteiger partial charge in [0.1, 0.15) is 0 Å². The third kappa shape index (κ3) is 3.14. The van der Waals surface area contributed by atoms with E-state index < -0.39 is 16.0 Å². The molecule has 0 radical (unpaired) electrons. The zero-order valence-electron chi connectivity index (χ0n) is 10.3. The predicted molar refractivity (Wildman–Crippen MR) is 73.6 cm³/mol. The van der Waals surface area contributed by atoms with Crippen LogP contribution in [0.4, 0.5) is 5.69 Å². The number of carbonyl (C=O) groups is 1. The van der Waals surface area contributed by atoms with E-state index >= 15 is 0 Å². The number of nitrogens with two attached hydrogens (primary N) is 2. The Bertz CT molecular complexity index is 742. The normalized spacial score (nSPS) is 11.1. The van der Waals surface area contributed by atoms with Crippen LogP contribution in [-0.2, 0) is 10.0 Å². The van der Waals surface area contributed by atoms with Gasteiger partial charge in [-0.05, 0) is 30.3 Å². The summed E-state index contributed by atoms with van der Waals surface area (Å²) in [4.78, 5) is 11.7. The minimum Gasteiger partial charge on any atom is -0.421 e. The van der Waals surface area contributed by atoms with Crippen molar-refractivity contribution in [1.29, 1.82) is 0 Å². The fourth-order valence-corrected chi connectivity index (χ4v) is 2.08. The van der Waals surface area contributed by atoms with E-state index in [1.807, 2.05) is 0 Å². The van der Waals surface area contributed by atoms with Gasteiger partial charge in [0, 0.05) is 0 Å². The lowest BCUT2D eigenvalue weighted by molar-refractivity contribution is 0.0736. The van der Waals surface area contributed by atoms with Gasteiger partial charge in [0.2, 0.25) is 10.0 Å². The van der Waals surface area contributed by atoms with Gasteiger partial charge in [-0.3, -0.25) is 0 Å². The molecule has 0 amide bonds. The predicted octanol–water partition coefficient (Wildman–Crippen LogP) is 1.14. The first-order valence-corrected chi connectivity index (χ1v) is 7.12. The van der Waals surface area contributed by atoms with Crippen LogP contribution in [0.15, 0.2) is 53.4 Å². The summed E-state index contributed by atoms with van der Waals surface area (Å²) in [6, 6.07) is 12.0. The highest BCUT2D eigenvalue weighted by atomic mass is 32.2. The number of ether oxygens (including phenoxy) is 1. The number of hydrogen-bond acceptors (Lipinski definition) is 5. The number of anilines is 1. The molecule has 0 fully saturated rings. The Labute approximate surface area is 116 Å². The maximum Gasteiger partial charge on any atom is 0.343 e. The lowest BCUT2D eigenvalue weighted by atomic mass is 10.2. The summed E-state index contributed by atoms with van der Waals surface area (Å²) in [5, 5.41) is 4.98. The number of esters is 1. The smallest absolute Gasteiger partial charge is 0.343 e. The second-order valence-electron chi connectivity index (χ2n) is 4.00. The van der Waals surface area contributed by atoms with E-state index in [1.54, 1.807) is 30.3 Å². The molecule has 7 heteroatoms. The van der Waals surface area contributed by atoms with E-state index in [9.17, 15) is 13.2 Å². The fraction of sp³-hybridized carbons (Fsp3) is 0. The molecule has 20 heavy (non-hydrogen) atoms. The van der Waals surface area contributed by atoms with Crippen LogP contribution in [0.25, 0.3) is 0 Å². The standard InChI is InChI=1S/C13H12N2O4S/c14-11-8-10(20(15,17)18)6-7-12(11)19-13(16)9-4-2-1-3-5-9/h1-8H,14H2,(H2,15,17,18). The minimum atomic E-state index is -3.84. The van der Waals surface area contributed by atoms with Crippen LogP contribution >= 0.6 is 0 Å². The first-order chi connectivity index (χ1) is 9.38. The van der Waals surface area contributed by atoms with E-state index in [-0.39, 0.29) is 16.3 Å². The van der Waals surface area contributed by atoms with E-state index in [2.05, 4.69) is 0 Å². The Kier molecular flexibility index (Phi) is 3.73. The first kappa shape index (κ1) is 14.0. The van der Waals surface area contributed by atoms with Crippen LogP contribution < -0.4 is 15.6 Å². The molecule has 6 nitrogen and oxygen atoms in total. The number of sulfonamides is 1. The molecule has 2 rings (SSSR count). The van der Waals surface area contributed by atoms with Crippen LogP contribution in [0.2, 0.25) is 0 Å². The fourth-order valence-electron chi connectivity index (χ4n) is 1.53. The van der Waals surface area contributed by atoms with Crippen molar-refractivity contribution in [3.8, 4) is 5.75 Å². The van der Waals surface area contributed by atoms with Crippen molar-refractivity contribution in [2.75, 3.05) is 5.73 Å². The van der Waals surface area contributed by atoms with Gasteiger partial charge in [0.05, 0.1) is 16.1 Å². The summed E-state index contributed by atoms with van der Waals surface area (Å²) in [5.74, 6) is -0.507. The van der Waals surface area contributed by atoms with Crippen molar-refractivity contribution < 1.29 is 17.9 Å². The number of rotatable bonds is 3. The molecule has 0 bridgehead atoms. The van der Waals surface area contributed by atoms with E-state index in [1.165, 1.54) is 12.1 Å². The van der Waals surface area contributed by atoms with Gasteiger partial charge in [-0.25, -0.2) is 18.4 Å². The average molecular weight is 292 g/mol. The van der Waals surface area contributed by atoms with Gasteiger partial charge in [-0.15, -0.1) is 0 Å². The Morgan fingerprint density at radius 1 is 1.05 bits per heavy atom. The highest BCUT2D eigenvalue weighted by Crippen LogP contribution is 2.25. The zero-order valence-corrected chi connectivity index (χ0v) is 11.1. The lowest BCUT2D eigenvalue weighted by Gasteiger charge is -2.08. The molecule has 0 saturated heterocycles. The number of carbonyl (C=O) groups excluding carboxylic acids is 1. The van der Waals surface area contributed by atoms with Crippen LogP contribution in [0.1, 0.15) is 10.4 Å². The quantitative estimate of drug-likeness (QED) is 0.500. The number of primary sulfonamides is 1. The Balaban J connectivity index is 2.25. The van der Waals surface area contributed by atoms with Gasteiger partial charge in [-0.2, -0.15) is 0 Å². The van der Waals surface area contributed by atoms with Gasteiger partial charge in [0.15, 0.2) is 5.75 Å². The molecule has 2 aromatic carbocycles. The summed E-state index contributed by atoms with van der Waals surface area (Å²) >= 11 is 0. The molecule has 0 heterocycles. The van der Waals surface area contributed by atoms with E-state index in [0.717, 1.165) is 6.07 Å². The Hall–Kier alpha value is -2.38. The zero-order chi connectivity index (χ0) is 14.8. The molecular formula is C13H12N2O4S. The van der Waals surface area contributed by atoms with Crippen molar-refractivity contribution in [3.05, 3.63) is 54.1 Å². The molecule has 0 aliphatic rings. The van der Waals surface area contributed by atoms with Crippen LogP contribution in [-0.4, -0.2) is 14.4 Å². The molecule has 0 spiro atoms. The highest BCUT2D eigenvalue weighted by molar-refractivity contribution is 7.89. The summed E-state index contributed by atoms with van der Waals surface area (Å²) in [5.41, 5.74) is 6.03. The topological polar surface area (TPSA) is 112 Å². The van der Waals surface area contributed by atoms with E-state index in [0.29, 0.717) is 5.56 Å². The van der Waals surface area contributed by atoms with Crippen molar-refractivity contribution in [1.82, 2.24) is 0 Å². The largest absolute Gasteiger partial charge is 0.421 e. The van der Waals surface area contributed by atoms with Crippen LogP contribution in [0.5, 0.6) is 5.75 Å². The highest BCUT2D eigenvalue weighted by Gasteiger charge is 2.14. The summed E-state index contributed by atoms with van der Waals surface area (Å²) in [6.07, 6.45) is 0. The second-order valence-corrected chi connectivity index (χ2v) is 5.56. The number of benzene rings is 2. The lowest BCUT2D eigenvalue weighted by Crippen LogP contribution is -2.13. The van der Waals surface area contributed by atoms with Crippen molar-refractivity contribution in [2.45, 2.75) is 4.90 Å². The average Bonchev–Trinajstić information content (AvgIpc) is 2.41. The van der Waals surface area contributed by atoms with Crippen molar-refractivity contribution in [2.24, 2.45) is 5.14 Å². The monoisotopic (exact) mass is 292 g/mol. The summed E-state index contributed by atoms with van der Waals surface area (Å²) < 4.78 is 27.4. The molecule has 0 aliphatic heterocycles. The summed E-state index contributed by atoms with van der Waals surface area (Å²) in [6.45, 7) is 0. The minimum absolute atomic E-state index is 0.0146. The molecule has 0 saturated carbocycles. The Morgan fingerprint density at radius 3 is 2.25 bits per heavy atom. The molecule has 2 aromatic rings. The summed E-state index contributed by atoms with van der Waals surface area (Å²) in [7, 11) is -3.84. The second kappa shape index (κ2) is 5.32. The van der Waals surface area contributed by atoms with Crippen LogP contribution in [0, 0.1) is 0 Å².